The van der Waals surface area contributed by atoms with Gasteiger partial charge in [-0.2, -0.15) is 0 Å². The van der Waals surface area contributed by atoms with Gasteiger partial charge >= 0.3 is 0 Å². The van der Waals surface area contributed by atoms with E-state index in [1.807, 2.05) is 13.8 Å². The van der Waals surface area contributed by atoms with Crippen molar-refractivity contribution in [2.75, 3.05) is 4.72 Å². The van der Waals surface area contributed by atoms with Gasteiger partial charge in [-0.15, -0.1) is 0 Å². The average Bonchev–Trinajstić information content (AvgIpc) is 2.49. The molecule has 130 valence electrons. The van der Waals surface area contributed by atoms with Crippen LogP contribution in [-0.4, -0.2) is 17.2 Å². The molecule has 2 aromatic rings. The Kier molecular flexibility index (Phi) is 6.03. The Bertz CT molecular complexity index is 849. The molecule has 0 aromatic heterocycles. The Morgan fingerprint density at radius 3 is 2.33 bits per heavy atom. The van der Waals surface area contributed by atoms with Crippen LogP contribution in [0.25, 0.3) is 0 Å². The van der Waals surface area contributed by atoms with Crippen molar-refractivity contribution < 1.29 is 17.2 Å². The maximum atomic E-state index is 12.5. The zero-order valence-electron chi connectivity index (χ0n) is 13.2. The fourth-order valence-electron chi connectivity index (χ4n) is 2.13. The molecule has 1 N–H and O–H groups in total. The summed E-state index contributed by atoms with van der Waals surface area (Å²) >= 11 is 3.55. The molecule has 0 radical (unpaired) electrons. The zero-order chi connectivity index (χ0) is 17.9. The van der Waals surface area contributed by atoms with E-state index in [-0.39, 0.29) is 16.3 Å². The van der Waals surface area contributed by atoms with Crippen molar-refractivity contribution in [3.8, 4) is 0 Å². The number of halogens is 1. The number of rotatable bonds is 6. The van der Waals surface area contributed by atoms with Gasteiger partial charge in [0.1, 0.15) is 0 Å². The van der Waals surface area contributed by atoms with Crippen LogP contribution in [0.5, 0.6) is 0 Å². The Balaban J connectivity index is 2.35. The smallest absolute Gasteiger partial charge is 0.261 e. The van der Waals surface area contributed by atoms with Crippen molar-refractivity contribution in [2.24, 2.45) is 0 Å². The second-order valence-electron chi connectivity index (χ2n) is 5.58. The highest BCUT2D eigenvalue weighted by atomic mass is 35.5. The molecule has 1 unspecified atom stereocenters. The van der Waals surface area contributed by atoms with E-state index in [1.54, 1.807) is 12.1 Å². The van der Waals surface area contributed by atoms with Crippen molar-refractivity contribution in [3.63, 3.8) is 0 Å². The SMILES string of the molecule is CC(C)c1ccc(S(=O)(=O)Nc2cc(Cl)ccc2CS(=O)[O-])cc1. The third kappa shape index (κ3) is 4.80. The number of benzene rings is 2. The lowest BCUT2D eigenvalue weighted by molar-refractivity contribution is 0.536. The Morgan fingerprint density at radius 1 is 1.17 bits per heavy atom. The highest BCUT2D eigenvalue weighted by Crippen LogP contribution is 2.26. The summed E-state index contributed by atoms with van der Waals surface area (Å²) in [6.07, 6.45) is 0. The topological polar surface area (TPSA) is 86.3 Å². The predicted molar refractivity (Wildman–Crippen MR) is 95.4 cm³/mol. The van der Waals surface area contributed by atoms with Crippen LogP contribution < -0.4 is 4.72 Å². The van der Waals surface area contributed by atoms with Gasteiger partial charge in [0.15, 0.2) is 0 Å². The van der Waals surface area contributed by atoms with E-state index in [4.69, 9.17) is 11.6 Å². The minimum atomic E-state index is -3.84. The number of hydrogen-bond acceptors (Lipinski definition) is 4. The standard InChI is InChI=1S/C16H18ClNO4S2/c1-11(2)12-4-7-15(8-5-12)24(21,22)18-16-9-14(17)6-3-13(16)10-23(19)20/h3-9,11,18H,10H2,1-2H3,(H,19,20)/p-1. The molecule has 0 bridgehead atoms. The molecule has 5 nitrogen and oxygen atoms in total. The maximum Gasteiger partial charge on any atom is 0.261 e. The Hall–Kier alpha value is -1.41. The minimum absolute atomic E-state index is 0.0982. The second kappa shape index (κ2) is 7.65. The first-order valence-electron chi connectivity index (χ1n) is 7.16. The predicted octanol–water partition coefficient (Wildman–Crippen LogP) is 3.64. The van der Waals surface area contributed by atoms with E-state index in [1.165, 1.54) is 30.3 Å². The van der Waals surface area contributed by atoms with Crippen LogP contribution in [0, 0.1) is 0 Å². The first-order chi connectivity index (χ1) is 11.2. The van der Waals surface area contributed by atoms with Crippen LogP contribution in [-0.2, 0) is 26.9 Å². The van der Waals surface area contributed by atoms with Gasteiger partial charge in [-0.25, -0.2) is 8.42 Å². The fourth-order valence-corrected chi connectivity index (χ4v) is 3.90. The lowest BCUT2D eigenvalue weighted by Gasteiger charge is -2.15. The van der Waals surface area contributed by atoms with Gasteiger partial charge in [0, 0.05) is 10.8 Å². The van der Waals surface area contributed by atoms with Gasteiger partial charge in [-0.3, -0.25) is 8.93 Å². The molecule has 0 aliphatic carbocycles. The molecule has 2 aromatic carbocycles. The lowest BCUT2D eigenvalue weighted by atomic mass is 10.0. The molecule has 0 aliphatic heterocycles. The molecule has 0 aliphatic rings. The summed E-state index contributed by atoms with van der Waals surface area (Å²) in [5, 5.41) is 0.309. The van der Waals surface area contributed by atoms with E-state index in [0.717, 1.165) is 5.56 Å². The van der Waals surface area contributed by atoms with E-state index in [0.29, 0.717) is 16.5 Å². The molecule has 0 heterocycles. The number of hydrogen-bond donors (Lipinski definition) is 1. The fraction of sp³-hybridized carbons (Fsp3) is 0.250. The minimum Gasteiger partial charge on any atom is -0.772 e. The normalized spacial score (nSPS) is 13.0. The van der Waals surface area contributed by atoms with Crippen LogP contribution in [0.4, 0.5) is 5.69 Å². The lowest BCUT2D eigenvalue weighted by Crippen LogP contribution is -2.15. The van der Waals surface area contributed by atoms with Gasteiger partial charge < -0.3 is 4.55 Å². The summed E-state index contributed by atoms with van der Waals surface area (Å²) in [7, 11) is -3.84. The van der Waals surface area contributed by atoms with Crippen molar-refractivity contribution in [1.82, 2.24) is 0 Å². The van der Waals surface area contributed by atoms with Crippen LogP contribution in [0.2, 0.25) is 5.02 Å². The maximum absolute atomic E-state index is 12.5. The van der Waals surface area contributed by atoms with Gasteiger partial charge in [0.25, 0.3) is 10.0 Å². The molecule has 0 saturated heterocycles. The summed E-state index contributed by atoms with van der Waals surface area (Å²) in [5.74, 6) is -0.0114. The molecular formula is C16H17ClNO4S2-. The van der Waals surface area contributed by atoms with Gasteiger partial charge in [-0.05, 0) is 41.3 Å². The third-order valence-electron chi connectivity index (χ3n) is 3.45. The highest BCUT2D eigenvalue weighted by molar-refractivity contribution is 7.92. The zero-order valence-corrected chi connectivity index (χ0v) is 15.5. The van der Waals surface area contributed by atoms with Gasteiger partial charge in [0.05, 0.1) is 10.6 Å². The van der Waals surface area contributed by atoms with Crippen LogP contribution in [0.1, 0.15) is 30.9 Å². The van der Waals surface area contributed by atoms with Crippen LogP contribution >= 0.6 is 11.6 Å². The molecule has 0 amide bonds. The van der Waals surface area contributed by atoms with E-state index in [2.05, 4.69) is 4.72 Å². The molecular weight excluding hydrogens is 370 g/mol. The molecule has 24 heavy (non-hydrogen) atoms. The molecule has 8 heteroatoms. The summed E-state index contributed by atoms with van der Waals surface area (Å²) < 4.78 is 49.3. The van der Waals surface area contributed by atoms with Gasteiger partial charge in [-0.1, -0.05) is 54.7 Å². The first kappa shape index (κ1) is 18.9. The molecule has 0 saturated carbocycles. The largest absolute Gasteiger partial charge is 0.772 e. The average molecular weight is 387 g/mol. The molecule has 2 rings (SSSR count). The summed E-state index contributed by atoms with van der Waals surface area (Å²) in [4.78, 5) is 0.0982. The van der Waals surface area contributed by atoms with Crippen LogP contribution in [0.15, 0.2) is 47.4 Å². The van der Waals surface area contributed by atoms with Crippen molar-refractivity contribution in [3.05, 3.63) is 58.6 Å². The number of nitrogens with one attached hydrogen (secondary N) is 1. The van der Waals surface area contributed by atoms with Crippen molar-refractivity contribution in [1.29, 1.82) is 0 Å². The summed E-state index contributed by atoms with van der Waals surface area (Å²) in [6, 6.07) is 10.9. The first-order valence-corrected chi connectivity index (χ1v) is 10.3. The van der Waals surface area contributed by atoms with Crippen molar-refractivity contribution >= 4 is 38.4 Å². The monoisotopic (exact) mass is 386 g/mol. The highest BCUT2D eigenvalue weighted by Gasteiger charge is 2.17. The Labute approximate surface area is 149 Å². The Morgan fingerprint density at radius 2 is 1.79 bits per heavy atom. The van der Waals surface area contributed by atoms with E-state index >= 15 is 0 Å². The molecule has 1 atom stereocenters. The van der Waals surface area contributed by atoms with Crippen LogP contribution in [0.3, 0.4) is 0 Å². The number of sulfonamides is 1. The summed E-state index contributed by atoms with van der Waals surface area (Å²) in [5.41, 5.74) is 1.51. The molecule has 0 fully saturated rings. The molecule has 0 spiro atoms. The number of anilines is 1. The van der Waals surface area contributed by atoms with Crippen molar-refractivity contribution in [2.45, 2.75) is 30.4 Å². The van der Waals surface area contributed by atoms with Gasteiger partial charge in [0.2, 0.25) is 0 Å². The quantitative estimate of drug-likeness (QED) is 0.768. The third-order valence-corrected chi connectivity index (χ3v) is 5.61. The van der Waals surface area contributed by atoms with E-state index in [9.17, 15) is 17.2 Å². The van der Waals surface area contributed by atoms with E-state index < -0.39 is 21.1 Å². The second-order valence-corrected chi connectivity index (χ2v) is 8.59. The summed E-state index contributed by atoms with van der Waals surface area (Å²) in [6.45, 7) is 4.03.